The molecule has 0 atom stereocenters. The van der Waals surface area contributed by atoms with Crippen LogP contribution in [0.2, 0.25) is 0 Å². The molecule has 0 radical (unpaired) electrons. The number of hydrogen-bond donors (Lipinski definition) is 0. The van der Waals surface area contributed by atoms with Crippen molar-refractivity contribution < 1.29 is 13.6 Å². The van der Waals surface area contributed by atoms with Crippen LogP contribution >= 0.6 is 31.9 Å². The van der Waals surface area contributed by atoms with Crippen molar-refractivity contribution in [2.75, 3.05) is 0 Å². The maximum Gasteiger partial charge on any atom is 0.167 e. The number of hydrogen-bond acceptors (Lipinski definition) is 1. The first-order valence-corrected chi connectivity index (χ1v) is 7.40. The molecule has 104 valence electrons. The Kier molecular flexibility index (Phi) is 4.70. The van der Waals surface area contributed by atoms with Crippen LogP contribution in [-0.4, -0.2) is 5.78 Å². The highest BCUT2D eigenvalue weighted by atomic mass is 79.9. The summed E-state index contributed by atoms with van der Waals surface area (Å²) in [6.07, 6.45) is -0.311. The molecule has 0 bridgehead atoms. The van der Waals surface area contributed by atoms with Crippen LogP contribution in [-0.2, 0) is 6.42 Å². The lowest BCUT2D eigenvalue weighted by atomic mass is 9.99. The summed E-state index contributed by atoms with van der Waals surface area (Å²) in [5, 5.41) is 0. The van der Waals surface area contributed by atoms with E-state index in [1.807, 2.05) is 6.07 Å². The molecule has 0 fully saturated rings. The van der Waals surface area contributed by atoms with Gasteiger partial charge in [-0.05, 0) is 52.7 Å². The first kappa shape index (κ1) is 15.3. The van der Waals surface area contributed by atoms with Crippen LogP contribution in [0, 0.1) is 18.6 Å². The van der Waals surface area contributed by atoms with Gasteiger partial charge >= 0.3 is 0 Å². The number of halogens is 4. The third-order valence-corrected chi connectivity index (χ3v) is 4.08. The lowest BCUT2D eigenvalue weighted by Gasteiger charge is -2.08. The van der Waals surface area contributed by atoms with E-state index in [-0.39, 0.29) is 22.2 Å². The van der Waals surface area contributed by atoms with Crippen LogP contribution in [0.25, 0.3) is 0 Å². The Labute approximate surface area is 132 Å². The highest BCUT2D eigenvalue weighted by Crippen LogP contribution is 2.24. The van der Waals surface area contributed by atoms with Crippen molar-refractivity contribution >= 4 is 37.6 Å². The van der Waals surface area contributed by atoms with Gasteiger partial charge in [-0.25, -0.2) is 8.78 Å². The van der Waals surface area contributed by atoms with E-state index in [0.29, 0.717) is 5.56 Å². The smallest absolute Gasteiger partial charge is 0.167 e. The Morgan fingerprint density at radius 3 is 2.55 bits per heavy atom. The van der Waals surface area contributed by atoms with Gasteiger partial charge in [0, 0.05) is 22.0 Å². The van der Waals surface area contributed by atoms with Crippen LogP contribution in [0.1, 0.15) is 21.5 Å². The molecule has 0 spiro atoms. The summed E-state index contributed by atoms with van der Waals surface area (Å²) in [6.45, 7) is 1.79. The highest BCUT2D eigenvalue weighted by molar-refractivity contribution is 9.10. The largest absolute Gasteiger partial charge is 0.294 e. The molecule has 2 aromatic carbocycles. The maximum atomic E-state index is 13.9. The molecule has 0 N–H and O–H groups in total. The van der Waals surface area contributed by atoms with Crippen molar-refractivity contribution in [2.45, 2.75) is 13.3 Å². The number of aryl methyl sites for hydroxylation is 1. The third-order valence-electron chi connectivity index (χ3n) is 2.98. The van der Waals surface area contributed by atoms with Crippen molar-refractivity contribution in [3.05, 3.63) is 67.6 Å². The molecule has 0 saturated heterocycles. The fourth-order valence-electron chi connectivity index (χ4n) is 1.88. The molecule has 0 amide bonds. The second-order valence-corrected chi connectivity index (χ2v) is 6.15. The van der Waals surface area contributed by atoms with Gasteiger partial charge in [-0.3, -0.25) is 4.79 Å². The second-order valence-electron chi connectivity index (χ2n) is 4.38. The monoisotopic (exact) mass is 402 g/mol. The van der Waals surface area contributed by atoms with Gasteiger partial charge in [0.1, 0.15) is 11.6 Å². The average Bonchev–Trinajstić information content (AvgIpc) is 2.41. The molecule has 0 saturated carbocycles. The normalized spacial score (nSPS) is 10.7. The number of benzene rings is 2. The Hall–Kier alpha value is -1.07. The van der Waals surface area contributed by atoms with Gasteiger partial charge in [0.05, 0.1) is 4.47 Å². The van der Waals surface area contributed by atoms with Crippen LogP contribution in [0.15, 0.2) is 39.3 Å². The molecule has 1 nitrogen and oxygen atoms in total. The first-order chi connectivity index (χ1) is 9.40. The molecule has 0 heterocycles. The molecule has 0 aliphatic heterocycles. The fourth-order valence-corrected chi connectivity index (χ4v) is 2.61. The SMILES string of the molecule is Cc1ccc(Br)cc1C(=O)Cc1c(F)ccc(Br)c1F. The van der Waals surface area contributed by atoms with Crippen LogP contribution in [0.4, 0.5) is 8.78 Å². The van der Waals surface area contributed by atoms with E-state index in [1.54, 1.807) is 19.1 Å². The van der Waals surface area contributed by atoms with Crippen LogP contribution in [0.5, 0.6) is 0 Å². The lowest BCUT2D eigenvalue weighted by Crippen LogP contribution is -2.09. The Morgan fingerprint density at radius 1 is 1.15 bits per heavy atom. The zero-order chi connectivity index (χ0) is 14.9. The highest BCUT2D eigenvalue weighted by Gasteiger charge is 2.18. The van der Waals surface area contributed by atoms with E-state index in [4.69, 9.17) is 0 Å². The van der Waals surface area contributed by atoms with Gasteiger partial charge < -0.3 is 0 Å². The van der Waals surface area contributed by atoms with E-state index in [2.05, 4.69) is 31.9 Å². The molecule has 0 aliphatic rings. The van der Waals surface area contributed by atoms with Crippen molar-refractivity contribution in [1.82, 2.24) is 0 Å². The lowest BCUT2D eigenvalue weighted by molar-refractivity contribution is 0.0990. The summed E-state index contributed by atoms with van der Waals surface area (Å²) in [5.41, 5.74) is 1.01. The summed E-state index contributed by atoms with van der Waals surface area (Å²) in [4.78, 5) is 12.2. The molecule has 2 rings (SSSR count). The van der Waals surface area contributed by atoms with E-state index in [9.17, 15) is 13.6 Å². The molecule has 20 heavy (non-hydrogen) atoms. The summed E-state index contributed by atoms with van der Waals surface area (Å²) >= 11 is 6.27. The molecule has 0 unspecified atom stereocenters. The summed E-state index contributed by atoms with van der Waals surface area (Å²) < 4.78 is 28.4. The van der Waals surface area contributed by atoms with Gasteiger partial charge in [0.2, 0.25) is 0 Å². The molecule has 5 heteroatoms. The average molecular weight is 404 g/mol. The molecular formula is C15H10Br2F2O. The molecule has 2 aromatic rings. The van der Waals surface area contributed by atoms with Gasteiger partial charge in [-0.2, -0.15) is 0 Å². The summed E-state index contributed by atoms with van der Waals surface area (Å²) in [7, 11) is 0. The number of carbonyl (C=O) groups excluding carboxylic acids is 1. The zero-order valence-corrected chi connectivity index (χ0v) is 13.7. The predicted molar refractivity (Wildman–Crippen MR) is 81.0 cm³/mol. The first-order valence-electron chi connectivity index (χ1n) is 5.82. The summed E-state index contributed by atoms with van der Waals surface area (Å²) in [6, 6.07) is 7.68. The minimum absolute atomic E-state index is 0.146. The molecule has 0 aromatic heterocycles. The predicted octanol–water partition coefficient (Wildman–Crippen LogP) is 5.22. The van der Waals surface area contributed by atoms with Crippen molar-refractivity contribution in [3.63, 3.8) is 0 Å². The minimum Gasteiger partial charge on any atom is -0.294 e. The Morgan fingerprint density at radius 2 is 1.85 bits per heavy atom. The van der Waals surface area contributed by atoms with Crippen LogP contribution < -0.4 is 0 Å². The Balaban J connectivity index is 2.38. The maximum absolute atomic E-state index is 13.9. The van der Waals surface area contributed by atoms with Crippen molar-refractivity contribution in [1.29, 1.82) is 0 Å². The number of carbonyl (C=O) groups is 1. The van der Waals surface area contributed by atoms with Crippen LogP contribution in [0.3, 0.4) is 0 Å². The second kappa shape index (κ2) is 6.14. The van der Waals surface area contributed by atoms with Gasteiger partial charge in [-0.1, -0.05) is 22.0 Å². The van der Waals surface area contributed by atoms with E-state index in [0.717, 1.165) is 16.1 Å². The minimum atomic E-state index is -0.731. The zero-order valence-electron chi connectivity index (χ0n) is 10.5. The number of Topliss-reactive ketones (excluding diaryl/α,β-unsaturated/α-hetero) is 1. The van der Waals surface area contributed by atoms with E-state index < -0.39 is 11.6 Å². The van der Waals surface area contributed by atoms with Crippen molar-refractivity contribution in [3.8, 4) is 0 Å². The number of rotatable bonds is 3. The van der Waals surface area contributed by atoms with Crippen molar-refractivity contribution in [2.24, 2.45) is 0 Å². The number of ketones is 1. The van der Waals surface area contributed by atoms with E-state index >= 15 is 0 Å². The topological polar surface area (TPSA) is 17.1 Å². The summed E-state index contributed by atoms with van der Waals surface area (Å²) in [5.74, 6) is -1.77. The standard InChI is InChI=1S/C15H10Br2F2O/c1-8-2-3-9(16)6-10(8)14(20)7-11-13(18)5-4-12(17)15(11)19/h2-6H,7H2,1H3. The van der Waals surface area contributed by atoms with E-state index in [1.165, 1.54) is 6.07 Å². The molecular weight excluding hydrogens is 394 g/mol. The Bertz CT molecular complexity index is 684. The fraction of sp³-hybridized carbons (Fsp3) is 0.133. The van der Waals surface area contributed by atoms with Gasteiger partial charge in [0.15, 0.2) is 5.78 Å². The molecule has 0 aliphatic carbocycles. The third kappa shape index (κ3) is 3.15. The van der Waals surface area contributed by atoms with Gasteiger partial charge in [0.25, 0.3) is 0 Å². The quantitative estimate of drug-likeness (QED) is 0.507. The van der Waals surface area contributed by atoms with Gasteiger partial charge in [-0.15, -0.1) is 0 Å².